The van der Waals surface area contributed by atoms with Gasteiger partial charge in [0.1, 0.15) is 6.04 Å². The third kappa shape index (κ3) is 4.11. The lowest BCUT2D eigenvalue weighted by molar-refractivity contribution is -0.134. The highest BCUT2D eigenvalue weighted by atomic mass is 16.5. The molecule has 0 aliphatic carbocycles. The van der Waals surface area contributed by atoms with Crippen molar-refractivity contribution in [2.75, 3.05) is 0 Å². The van der Waals surface area contributed by atoms with Gasteiger partial charge in [-0.15, -0.1) is 0 Å². The number of benzene rings is 1. The Kier molecular flexibility index (Phi) is 6.03. The van der Waals surface area contributed by atoms with Crippen LogP contribution in [0, 0.1) is 5.92 Å². The van der Waals surface area contributed by atoms with Crippen LogP contribution in [-0.2, 0) is 24.1 Å². The molecule has 0 radical (unpaired) electrons. The molecule has 0 saturated heterocycles. The summed E-state index contributed by atoms with van der Waals surface area (Å²) < 4.78 is 0.992. The zero-order valence-corrected chi connectivity index (χ0v) is 14.7. The summed E-state index contributed by atoms with van der Waals surface area (Å²) in [7, 11) is 0. The quantitative estimate of drug-likeness (QED) is 0.453. The number of nitrogens with one attached hydrogen (secondary N) is 2. The van der Waals surface area contributed by atoms with E-state index in [2.05, 4.69) is 24.0 Å². The Hall–Kier alpha value is -2.54. The predicted octanol–water partition coefficient (Wildman–Crippen LogP) is 1.93. The molecule has 1 aromatic heterocycles. The number of aryl methyl sites for hydroxylation is 3. The van der Waals surface area contributed by atoms with E-state index < -0.39 is 17.6 Å². The van der Waals surface area contributed by atoms with Crippen LogP contribution in [0.25, 0.3) is 0 Å². The molecule has 0 aliphatic heterocycles. The van der Waals surface area contributed by atoms with Crippen LogP contribution in [0.1, 0.15) is 43.6 Å². The van der Waals surface area contributed by atoms with Crippen molar-refractivity contribution in [1.82, 2.24) is 15.0 Å². The first-order valence-electron chi connectivity index (χ1n) is 8.43. The highest BCUT2D eigenvalue weighted by Crippen LogP contribution is 2.24. The summed E-state index contributed by atoms with van der Waals surface area (Å²) in [5.74, 6) is -1.30. The van der Waals surface area contributed by atoms with E-state index in [4.69, 9.17) is 5.21 Å². The number of imidazole rings is 1. The van der Waals surface area contributed by atoms with E-state index in [1.165, 1.54) is 5.56 Å². The third-order valence-electron chi connectivity index (χ3n) is 4.36. The van der Waals surface area contributed by atoms with Crippen molar-refractivity contribution >= 4 is 5.91 Å². The zero-order valence-electron chi connectivity index (χ0n) is 14.7. The van der Waals surface area contributed by atoms with Gasteiger partial charge in [-0.05, 0) is 36.3 Å². The number of amides is 1. The summed E-state index contributed by atoms with van der Waals surface area (Å²) in [6, 6.07) is 7.18. The van der Waals surface area contributed by atoms with Gasteiger partial charge >= 0.3 is 5.69 Å². The minimum atomic E-state index is -0.994. The Labute approximate surface area is 146 Å². The molecule has 4 N–H and O–H groups in total. The largest absolute Gasteiger partial charge is 0.493 e. The van der Waals surface area contributed by atoms with Crippen molar-refractivity contribution in [1.29, 1.82) is 0 Å². The van der Waals surface area contributed by atoms with Gasteiger partial charge in [0, 0.05) is 0 Å². The molecule has 25 heavy (non-hydrogen) atoms. The first-order chi connectivity index (χ1) is 11.9. The second kappa shape index (κ2) is 8.02. The Morgan fingerprint density at radius 1 is 1.20 bits per heavy atom. The highest BCUT2D eigenvalue weighted by molar-refractivity contribution is 5.79. The first kappa shape index (κ1) is 18.8. The number of carbonyl (C=O) groups excluding carboxylic acids is 1. The van der Waals surface area contributed by atoms with Crippen molar-refractivity contribution in [3.63, 3.8) is 0 Å². The predicted molar refractivity (Wildman–Crippen MR) is 93.7 cm³/mol. The summed E-state index contributed by atoms with van der Waals surface area (Å²) in [5, 5.41) is 19.3. The second-order valence-corrected chi connectivity index (χ2v) is 6.44. The van der Waals surface area contributed by atoms with Crippen molar-refractivity contribution in [2.24, 2.45) is 5.92 Å². The Morgan fingerprint density at radius 2 is 1.80 bits per heavy atom. The summed E-state index contributed by atoms with van der Waals surface area (Å²) in [6.07, 6.45) is 2.06. The number of aromatic amines is 1. The normalized spacial score (nSPS) is 12.4. The molecule has 1 heterocycles. The minimum Gasteiger partial charge on any atom is -0.493 e. The highest BCUT2D eigenvalue weighted by Gasteiger charge is 2.29. The summed E-state index contributed by atoms with van der Waals surface area (Å²) >= 11 is 0. The van der Waals surface area contributed by atoms with Crippen molar-refractivity contribution < 1.29 is 15.1 Å². The van der Waals surface area contributed by atoms with E-state index >= 15 is 0 Å². The molecule has 0 aliphatic rings. The Bertz CT molecular complexity index is 775. The lowest BCUT2D eigenvalue weighted by Gasteiger charge is -2.19. The molecule has 2 rings (SSSR count). The average Bonchev–Trinajstić information content (AvgIpc) is 2.88. The van der Waals surface area contributed by atoms with Crippen LogP contribution in [0.3, 0.4) is 0 Å². The first-order valence-corrected chi connectivity index (χ1v) is 8.43. The van der Waals surface area contributed by atoms with Crippen molar-refractivity contribution in [2.45, 2.75) is 46.1 Å². The maximum Gasteiger partial charge on any atom is 0.329 e. The van der Waals surface area contributed by atoms with Crippen LogP contribution in [0.5, 0.6) is 5.88 Å². The fourth-order valence-electron chi connectivity index (χ4n) is 2.91. The van der Waals surface area contributed by atoms with Crippen molar-refractivity contribution in [3.8, 4) is 5.88 Å². The van der Waals surface area contributed by atoms with Crippen LogP contribution in [0.4, 0.5) is 0 Å². The second-order valence-electron chi connectivity index (χ2n) is 6.44. The molecule has 2 aromatic rings. The molecule has 7 heteroatoms. The van der Waals surface area contributed by atoms with Gasteiger partial charge in [-0.25, -0.2) is 10.3 Å². The molecule has 0 fully saturated rings. The molecule has 1 atom stereocenters. The molecular formula is C18H25N3O4. The third-order valence-corrected chi connectivity index (χ3v) is 4.36. The molecular weight excluding hydrogens is 322 g/mol. The van der Waals surface area contributed by atoms with E-state index in [-0.39, 0.29) is 11.8 Å². The van der Waals surface area contributed by atoms with Gasteiger partial charge in [-0.3, -0.25) is 14.6 Å². The Balaban J connectivity index is 2.23. The number of hydroxylamine groups is 1. The number of carbonyl (C=O) groups is 1. The van der Waals surface area contributed by atoms with E-state index in [9.17, 15) is 14.7 Å². The molecule has 136 valence electrons. The number of H-pyrrole nitrogens is 1. The van der Waals surface area contributed by atoms with Crippen LogP contribution in [0.2, 0.25) is 0 Å². The molecule has 0 saturated carbocycles. The van der Waals surface area contributed by atoms with E-state index in [0.717, 1.165) is 16.6 Å². The fourth-order valence-corrected chi connectivity index (χ4v) is 2.91. The average molecular weight is 347 g/mol. The summed E-state index contributed by atoms with van der Waals surface area (Å²) in [4.78, 5) is 26.7. The molecule has 1 amide bonds. The lowest BCUT2D eigenvalue weighted by atomic mass is 10.0. The monoisotopic (exact) mass is 347 g/mol. The number of nitrogens with zero attached hydrogens (tertiary/aromatic N) is 1. The molecule has 0 unspecified atom stereocenters. The number of aromatic nitrogens is 2. The number of hydrogen-bond acceptors (Lipinski definition) is 4. The van der Waals surface area contributed by atoms with Gasteiger partial charge in [-0.2, -0.15) is 0 Å². The molecule has 0 spiro atoms. The van der Waals surface area contributed by atoms with Gasteiger partial charge in [0.05, 0.1) is 5.69 Å². The number of aromatic hydroxyl groups is 1. The van der Waals surface area contributed by atoms with Crippen LogP contribution < -0.4 is 11.2 Å². The van der Waals surface area contributed by atoms with Gasteiger partial charge in [0.2, 0.25) is 5.88 Å². The summed E-state index contributed by atoms with van der Waals surface area (Å²) in [5.41, 5.74) is 3.70. The molecule has 0 bridgehead atoms. The standard InChI is InChI=1S/C18H25N3O4/c1-4-12-5-7-13(8-6-12)9-10-14-17(23)21(18(24)19-14)15(11(2)3)16(22)20-25/h5-8,11,15,23,25H,4,9-10H2,1-3H3,(H,19,24)(H,20,22)/t15-/m1/s1. The maximum absolute atomic E-state index is 12.2. The van der Waals surface area contributed by atoms with Crippen LogP contribution in [-0.4, -0.2) is 25.8 Å². The number of rotatable bonds is 7. The smallest absolute Gasteiger partial charge is 0.329 e. The summed E-state index contributed by atoms with van der Waals surface area (Å²) in [6.45, 7) is 5.55. The SMILES string of the molecule is CCc1ccc(CCc2[nH]c(=O)n([C@@H](C(=O)NO)C(C)C)c2O)cc1. The zero-order chi connectivity index (χ0) is 18.6. The van der Waals surface area contributed by atoms with Crippen LogP contribution in [0.15, 0.2) is 29.1 Å². The van der Waals surface area contributed by atoms with Gasteiger partial charge < -0.3 is 10.1 Å². The van der Waals surface area contributed by atoms with E-state index in [1.54, 1.807) is 19.3 Å². The number of hydrogen-bond donors (Lipinski definition) is 4. The molecule has 1 aromatic carbocycles. The van der Waals surface area contributed by atoms with Gasteiger partial charge in [0.15, 0.2) is 0 Å². The maximum atomic E-state index is 12.2. The van der Waals surface area contributed by atoms with Gasteiger partial charge in [0.25, 0.3) is 5.91 Å². The van der Waals surface area contributed by atoms with Gasteiger partial charge in [-0.1, -0.05) is 45.0 Å². The Morgan fingerprint density at radius 3 is 2.32 bits per heavy atom. The topological polar surface area (TPSA) is 107 Å². The minimum absolute atomic E-state index is 0.266. The molecule has 7 nitrogen and oxygen atoms in total. The van der Waals surface area contributed by atoms with E-state index in [1.807, 2.05) is 12.1 Å². The van der Waals surface area contributed by atoms with Crippen molar-refractivity contribution in [3.05, 3.63) is 51.6 Å². The fraction of sp³-hybridized carbons (Fsp3) is 0.444. The lowest BCUT2D eigenvalue weighted by Crippen LogP contribution is -2.37. The van der Waals surface area contributed by atoms with E-state index in [0.29, 0.717) is 18.5 Å². The van der Waals surface area contributed by atoms with Crippen LogP contribution >= 0.6 is 0 Å².